The molecule has 1 unspecified atom stereocenters. The number of anilines is 1. The van der Waals surface area contributed by atoms with Crippen LogP contribution < -0.4 is 15.1 Å². The number of hydrogen-bond acceptors (Lipinski definition) is 5. The van der Waals surface area contributed by atoms with Gasteiger partial charge in [-0.3, -0.25) is 4.79 Å². The summed E-state index contributed by atoms with van der Waals surface area (Å²) in [5.74, 6) is -1.54. The van der Waals surface area contributed by atoms with Gasteiger partial charge in [0.2, 0.25) is 5.43 Å². The van der Waals surface area contributed by atoms with Gasteiger partial charge >= 0.3 is 5.97 Å². The number of halogens is 1. The van der Waals surface area contributed by atoms with Crippen LogP contribution in [-0.4, -0.2) is 60.4 Å². The maximum Gasteiger partial charge on any atom is 0.341 e. The third-order valence-corrected chi connectivity index (χ3v) is 5.19. The number of ether oxygens (including phenoxy) is 1. The molecule has 2 aliphatic heterocycles. The van der Waals surface area contributed by atoms with Gasteiger partial charge in [-0.1, -0.05) is 27.7 Å². The summed E-state index contributed by atoms with van der Waals surface area (Å²) in [7, 11) is 2.02. The van der Waals surface area contributed by atoms with Crippen LogP contribution in [0.15, 0.2) is 17.1 Å². The van der Waals surface area contributed by atoms with Gasteiger partial charge in [-0.2, -0.15) is 0 Å². The number of piperazine rings is 1. The van der Waals surface area contributed by atoms with Crippen LogP contribution in [0, 0.1) is 5.82 Å². The quantitative estimate of drug-likeness (QED) is 0.799. The van der Waals surface area contributed by atoms with Crippen molar-refractivity contribution in [1.29, 1.82) is 0 Å². The highest BCUT2D eigenvalue weighted by Gasteiger charge is 2.30. The number of carbonyl (C=O) groups is 1. The van der Waals surface area contributed by atoms with E-state index in [4.69, 9.17) is 4.74 Å². The molecule has 0 amide bonds. The van der Waals surface area contributed by atoms with E-state index in [1.807, 2.05) is 46.6 Å². The van der Waals surface area contributed by atoms with E-state index in [0.717, 1.165) is 19.2 Å². The van der Waals surface area contributed by atoms with Gasteiger partial charge in [0.1, 0.15) is 17.9 Å². The van der Waals surface area contributed by atoms with Crippen molar-refractivity contribution in [3.63, 3.8) is 0 Å². The molecule has 0 aliphatic carbocycles. The smallest absolute Gasteiger partial charge is 0.341 e. The Morgan fingerprint density at radius 3 is 2.33 bits per heavy atom. The lowest BCUT2D eigenvalue weighted by molar-refractivity contribution is 0.0694. The molecule has 4 rings (SSSR count). The van der Waals surface area contributed by atoms with Gasteiger partial charge in [-0.25, -0.2) is 9.18 Å². The van der Waals surface area contributed by atoms with Crippen LogP contribution in [0.2, 0.25) is 0 Å². The van der Waals surface area contributed by atoms with Crippen LogP contribution in [-0.2, 0) is 0 Å². The number of carboxylic acid groups (broad SMARTS) is 1. The molecule has 2 aliphatic rings. The summed E-state index contributed by atoms with van der Waals surface area (Å²) in [4.78, 5) is 28.1. The minimum Gasteiger partial charge on any atom is -0.487 e. The first-order chi connectivity index (χ1) is 14.4. The number of aromatic nitrogens is 1. The molecule has 1 aromatic heterocycles. The van der Waals surface area contributed by atoms with Crippen LogP contribution in [0.3, 0.4) is 0 Å². The van der Waals surface area contributed by atoms with Crippen molar-refractivity contribution in [3.05, 3.63) is 33.9 Å². The second kappa shape index (κ2) is 9.93. The second-order valence-electron chi connectivity index (χ2n) is 6.97. The molecule has 8 heteroatoms. The van der Waals surface area contributed by atoms with E-state index in [1.165, 1.54) is 6.20 Å². The Morgan fingerprint density at radius 2 is 1.77 bits per heavy atom. The van der Waals surface area contributed by atoms with E-state index in [0.29, 0.717) is 30.0 Å². The molecule has 7 nitrogen and oxygen atoms in total. The minimum absolute atomic E-state index is 0.0434. The average molecular weight is 422 g/mol. The maximum atomic E-state index is 15.0. The summed E-state index contributed by atoms with van der Waals surface area (Å²) in [6.07, 6.45) is 1.34. The van der Waals surface area contributed by atoms with Gasteiger partial charge in [-0.05, 0) is 20.0 Å². The van der Waals surface area contributed by atoms with Crippen LogP contribution in [0.4, 0.5) is 10.1 Å². The Kier molecular flexibility index (Phi) is 7.83. The van der Waals surface area contributed by atoms with Crippen molar-refractivity contribution in [2.75, 3.05) is 44.7 Å². The molecule has 0 radical (unpaired) electrons. The highest BCUT2D eigenvalue weighted by atomic mass is 19.1. The zero-order chi connectivity index (χ0) is 22.6. The third kappa shape index (κ3) is 4.14. The van der Waals surface area contributed by atoms with E-state index in [9.17, 15) is 19.1 Å². The molecule has 0 bridgehead atoms. The van der Waals surface area contributed by atoms with Crippen molar-refractivity contribution in [2.45, 2.75) is 40.7 Å². The number of benzene rings is 1. The van der Waals surface area contributed by atoms with Crippen molar-refractivity contribution in [2.24, 2.45) is 0 Å². The highest BCUT2D eigenvalue weighted by Crippen LogP contribution is 2.42. The summed E-state index contributed by atoms with van der Waals surface area (Å²) >= 11 is 0. The third-order valence-electron chi connectivity index (χ3n) is 5.19. The minimum atomic E-state index is -1.32. The van der Waals surface area contributed by atoms with E-state index in [-0.39, 0.29) is 23.6 Å². The number of likely N-dealkylation sites (N-methyl/N-ethyl adjacent to an activating group) is 1. The summed E-state index contributed by atoms with van der Waals surface area (Å²) in [6, 6.07) is 0.994. The predicted molar refractivity (Wildman–Crippen MR) is 118 cm³/mol. The van der Waals surface area contributed by atoms with Gasteiger partial charge in [0.15, 0.2) is 11.6 Å². The molecule has 1 atom stereocenters. The molecule has 1 N–H and O–H groups in total. The van der Waals surface area contributed by atoms with Crippen LogP contribution in [0.25, 0.3) is 10.9 Å². The van der Waals surface area contributed by atoms with Crippen molar-refractivity contribution in [1.82, 2.24) is 9.47 Å². The van der Waals surface area contributed by atoms with Crippen LogP contribution in [0.1, 0.15) is 51.0 Å². The number of nitrogens with zero attached hydrogens (tertiary/aromatic N) is 3. The number of pyridine rings is 1. The Hall–Kier alpha value is -2.61. The Morgan fingerprint density at radius 1 is 1.17 bits per heavy atom. The average Bonchev–Trinajstić information content (AvgIpc) is 2.75. The zero-order valence-corrected chi connectivity index (χ0v) is 18.7. The van der Waals surface area contributed by atoms with Crippen LogP contribution in [0.5, 0.6) is 5.75 Å². The fraction of sp³-hybridized carbons (Fsp3) is 0.545. The molecule has 3 heterocycles. The SMILES string of the molecule is CC.CC.CC1COc2c(N3CCN(C)CC3)c(F)cc3c(=O)c(C(=O)O)cn1c23. The molecule has 1 fully saturated rings. The standard InChI is InChI=1S/C18H20FN3O4.2C2H6/c1-10-9-26-17-14-11(16(23)12(18(24)25)8-22(10)14)7-13(19)15(17)21-5-3-20(2)4-6-21;2*1-2/h7-8,10H,3-6,9H2,1-2H3,(H,24,25);2*1-2H3. The summed E-state index contributed by atoms with van der Waals surface area (Å²) in [5.41, 5.74) is -0.224. The number of rotatable bonds is 2. The van der Waals surface area contributed by atoms with Gasteiger partial charge in [0, 0.05) is 32.4 Å². The fourth-order valence-corrected chi connectivity index (χ4v) is 3.69. The molecule has 30 heavy (non-hydrogen) atoms. The summed E-state index contributed by atoms with van der Waals surface area (Å²) in [6.45, 7) is 13.1. The molecule has 0 spiro atoms. The number of aromatic carboxylic acids is 1. The van der Waals surface area contributed by atoms with Gasteiger partial charge in [-0.15, -0.1) is 0 Å². The topological polar surface area (TPSA) is 75.0 Å². The first-order valence-corrected chi connectivity index (χ1v) is 10.6. The second-order valence-corrected chi connectivity index (χ2v) is 6.97. The lowest BCUT2D eigenvalue weighted by Crippen LogP contribution is -2.45. The Labute approximate surface area is 176 Å². The van der Waals surface area contributed by atoms with Gasteiger partial charge in [0.05, 0.1) is 16.9 Å². The van der Waals surface area contributed by atoms with Gasteiger partial charge < -0.3 is 24.2 Å². The first-order valence-electron chi connectivity index (χ1n) is 10.6. The number of hydrogen-bond donors (Lipinski definition) is 1. The van der Waals surface area contributed by atoms with Gasteiger partial charge in [0.25, 0.3) is 0 Å². The molecular formula is C22H32FN3O4. The lowest BCUT2D eigenvalue weighted by Gasteiger charge is -2.37. The largest absolute Gasteiger partial charge is 0.487 e. The fourth-order valence-electron chi connectivity index (χ4n) is 3.69. The Bertz CT molecular complexity index is 965. The van der Waals surface area contributed by atoms with Crippen molar-refractivity contribution >= 4 is 22.6 Å². The zero-order valence-electron chi connectivity index (χ0n) is 18.7. The normalized spacial score (nSPS) is 18.0. The molecule has 1 aromatic carbocycles. The molecule has 2 aromatic rings. The monoisotopic (exact) mass is 421 g/mol. The van der Waals surface area contributed by atoms with Crippen molar-refractivity contribution in [3.8, 4) is 5.75 Å². The summed E-state index contributed by atoms with van der Waals surface area (Å²) < 4.78 is 22.6. The highest BCUT2D eigenvalue weighted by molar-refractivity contribution is 5.97. The van der Waals surface area contributed by atoms with E-state index >= 15 is 0 Å². The molecular weight excluding hydrogens is 389 g/mol. The Balaban J connectivity index is 0.000000757. The van der Waals surface area contributed by atoms with E-state index < -0.39 is 17.2 Å². The van der Waals surface area contributed by atoms with E-state index in [1.54, 1.807) is 4.57 Å². The molecule has 0 saturated carbocycles. The number of carboxylic acids is 1. The predicted octanol–water partition coefficient (Wildman–Crippen LogP) is 3.60. The summed E-state index contributed by atoms with van der Waals surface area (Å²) in [5, 5.41) is 9.36. The lowest BCUT2D eigenvalue weighted by atomic mass is 10.1. The molecule has 166 valence electrons. The maximum absolute atomic E-state index is 15.0. The molecule has 1 saturated heterocycles. The first kappa shape index (κ1) is 23.7. The van der Waals surface area contributed by atoms with E-state index in [2.05, 4.69) is 4.90 Å². The van der Waals surface area contributed by atoms with Crippen molar-refractivity contribution < 1.29 is 19.0 Å². The van der Waals surface area contributed by atoms with Crippen LogP contribution >= 0.6 is 0 Å².